The third-order valence-electron chi connectivity index (χ3n) is 7.00. The van der Waals surface area contributed by atoms with Gasteiger partial charge in [-0.1, -0.05) is 107 Å². The van der Waals surface area contributed by atoms with Crippen LogP contribution in [0.4, 0.5) is 0 Å². The van der Waals surface area contributed by atoms with Gasteiger partial charge >= 0.3 is 0 Å². The van der Waals surface area contributed by atoms with E-state index < -0.39 is 0 Å². The van der Waals surface area contributed by atoms with Crippen molar-refractivity contribution < 1.29 is 14.0 Å². The van der Waals surface area contributed by atoms with E-state index in [0.29, 0.717) is 31.6 Å². The SMILES string of the molecule is CC(C)c1cccc(C(C)C)c1-[n+]1[c-]n(Cc2cc(OCc3ccccc3)cc(OCc3ccccc3)c2)cc1. The average Bonchev–Trinajstić information content (AvgIpc) is 3.43. The Balaban J connectivity index is 1.41. The van der Waals surface area contributed by atoms with Crippen LogP contribution in [-0.2, 0) is 19.8 Å². The van der Waals surface area contributed by atoms with Crippen molar-refractivity contribution in [1.29, 1.82) is 0 Å². The van der Waals surface area contributed by atoms with E-state index in [2.05, 4.69) is 110 Å². The fraction of sp³-hybridized carbons (Fsp3) is 0.250. The number of hydrogen-bond acceptors (Lipinski definition) is 2. The van der Waals surface area contributed by atoms with Crippen molar-refractivity contribution in [3.05, 3.63) is 144 Å². The van der Waals surface area contributed by atoms with Gasteiger partial charge < -0.3 is 18.6 Å². The molecule has 0 bridgehead atoms. The Morgan fingerprint density at radius 1 is 0.650 bits per heavy atom. The predicted octanol–water partition coefficient (Wildman–Crippen LogP) is 8.02. The molecule has 4 aromatic carbocycles. The minimum Gasteiger partial charge on any atom is -0.489 e. The Kier molecular flexibility index (Phi) is 8.65. The fourth-order valence-corrected chi connectivity index (χ4v) is 4.92. The average molecular weight is 531 g/mol. The first-order valence-corrected chi connectivity index (χ1v) is 14.1. The summed E-state index contributed by atoms with van der Waals surface area (Å²) in [4.78, 5) is 0. The standard InChI is InChI=1S/C36H38N2O2/c1-27(2)34-16-11-17-35(28(3)4)36(34)38-19-18-37(26-38)23-31-20-32(39-24-29-12-7-5-8-13-29)22-33(21-31)40-25-30-14-9-6-10-15-30/h5-22,27-28H,23-25H2,1-4H3. The maximum atomic E-state index is 6.22. The molecular formula is C36H38N2O2. The fourth-order valence-electron chi connectivity index (χ4n) is 4.92. The molecule has 1 aromatic heterocycles. The number of nitrogens with zero attached hydrogens (tertiary/aromatic N) is 2. The molecule has 4 heteroatoms. The lowest BCUT2D eigenvalue weighted by Crippen LogP contribution is -2.32. The second-order valence-corrected chi connectivity index (χ2v) is 10.9. The van der Waals surface area contributed by atoms with Crippen LogP contribution in [0.25, 0.3) is 5.69 Å². The van der Waals surface area contributed by atoms with Crippen LogP contribution in [0.1, 0.15) is 67.3 Å². The summed E-state index contributed by atoms with van der Waals surface area (Å²) in [5, 5.41) is 0. The number of aromatic nitrogens is 2. The zero-order valence-corrected chi connectivity index (χ0v) is 23.9. The third-order valence-corrected chi connectivity index (χ3v) is 7.00. The van der Waals surface area contributed by atoms with Crippen molar-refractivity contribution in [2.45, 2.75) is 59.3 Å². The van der Waals surface area contributed by atoms with Crippen LogP contribution in [0, 0.1) is 6.33 Å². The summed E-state index contributed by atoms with van der Waals surface area (Å²) in [5.41, 5.74) is 7.25. The molecule has 1 heterocycles. The van der Waals surface area contributed by atoms with Gasteiger partial charge in [0.15, 0.2) is 0 Å². The number of ether oxygens (including phenoxy) is 2. The van der Waals surface area contributed by atoms with Gasteiger partial charge in [-0.15, -0.1) is 0 Å². The normalized spacial score (nSPS) is 11.2. The Hall–Kier alpha value is -4.31. The molecular weight excluding hydrogens is 492 g/mol. The maximum absolute atomic E-state index is 6.22. The molecule has 0 amide bonds. The monoisotopic (exact) mass is 530 g/mol. The number of imidazole rings is 1. The summed E-state index contributed by atoms with van der Waals surface area (Å²) in [5.74, 6) is 2.41. The molecule has 204 valence electrons. The lowest BCUT2D eigenvalue weighted by molar-refractivity contribution is -0.600. The van der Waals surface area contributed by atoms with E-state index in [4.69, 9.17) is 9.47 Å². The lowest BCUT2D eigenvalue weighted by Gasteiger charge is -2.20. The quantitative estimate of drug-likeness (QED) is 0.128. The molecule has 0 aliphatic carbocycles. The molecule has 0 saturated carbocycles. The summed E-state index contributed by atoms with van der Waals surface area (Å²) in [7, 11) is 0. The van der Waals surface area contributed by atoms with Crippen molar-refractivity contribution in [1.82, 2.24) is 4.57 Å². The largest absolute Gasteiger partial charge is 0.489 e. The van der Waals surface area contributed by atoms with E-state index in [1.807, 2.05) is 42.5 Å². The third kappa shape index (κ3) is 6.81. The highest BCUT2D eigenvalue weighted by atomic mass is 16.5. The maximum Gasteiger partial charge on any atom is 0.243 e. The Morgan fingerprint density at radius 2 is 1.18 bits per heavy atom. The van der Waals surface area contributed by atoms with Gasteiger partial charge in [0.25, 0.3) is 0 Å². The second kappa shape index (κ2) is 12.7. The Morgan fingerprint density at radius 3 is 1.68 bits per heavy atom. The molecule has 0 unspecified atom stereocenters. The highest BCUT2D eigenvalue weighted by molar-refractivity contribution is 5.45. The molecule has 0 aliphatic rings. The Labute approximate surface area is 238 Å². The highest BCUT2D eigenvalue weighted by Crippen LogP contribution is 2.28. The molecule has 5 aromatic rings. The van der Waals surface area contributed by atoms with Crippen LogP contribution in [0.2, 0.25) is 0 Å². The summed E-state index contributed by atoms with van der Waals surface area (Å²) in [6.45, 7) is 10.6. The van der Waals surface area contributed by atoms with Crippen molar-refractivity contribution in [3.8, 4) is 17.2 Å². The van der Waals surface area contributed by atoms with Gasteiger partial charge in [0.2, 0.25) is 6.33 Å². The summed E-state index contributed by atoms with van der Waals surface area (Å²) < 4.78 is 16.7. The number of para-hydroxylation sites is 1. The molecule has 0 N–H and O–H groups in total. The summed E-state index contributed by atoms with van der Waals surface area (Å²) >= 11 is 0. The van der Waals surface area contributed by atoms with Gasteiger partial charge in [0.05, 0.1) is 12.2 Å². The molecule has 5 rings (SSSR count). The number of hydrogen-bond donors (Lipinski definition) is 0. The first-order chi connectivity index (χ1) is 19.5. The smallest absolute Gasteiger partial charge is 0.243 e. The first kappa shape index (κ1) is 27.3. The zero-order valence-electron chi connectivity index (χ0n) is 23.9. The van der Waals surface area contributed by atoms with Crippen LogP contribution in [0.5, 0.6) is 11.5 Å². The lowest BCUT2D eigenvalue weighted by atomic mass is 9.92. The predicted molar refractivity (Wildman–Crippen MR) is 160 cm³/mol. The zero-order chi connectivity index (χ0) is 27.9. The van der Waals surface area contributed by atoms with Crippen LogP contribution < -0.4 is 14.0 Å². The molecule has 0 atom stereocenters. The van der Waals surface area contributed by atoms with Gasteiger partial charge in [-0.3, -0.25) is 0 Å². The Bertz CT molecular complexity index is 1430. The van der Waals surface area contributed by atoms with Crippen LogP contribution in [0.3, 0.4) is 0 Å². The molecule has 4 nitrogen and oxygen atoms in total. The van der Waals surface area contributed by atoms with Crippen molar-refractivity contribution in [2.75, 3.05) is 0 Å². The molecule has 0 saturated heterocycles. The van der Waals surface area contributed by atoms with Crippen molar-refractivity contribution in [3.63, 3.8) is 0 Å². The van der Waals surface area contributed by atoms with Gasteiger partial charge in [0, 0.05) is 18.5 Å². The van der Waals surface area contributed by atoms with Gasteiger partial charge in [-0.05, 0) is 51.8 Å². The molecule has 0 spiro atoms. The van der Waals surface area contributed by atoms with Crippen molar-refractivity contribution in [2.24, 2.45) is 0 Å². The van der Waals surface area contributed by atoms with E-state index in [-0.39, 0.29) is 0 Å². The second-order valence-electron chi connectivity index (χ2n) is 10.9. The van der Waals surface area contributed by atoms with Gasteiger partial charge in [0.1, 0.15) is 24.7 Å². The molecule has 0 fully saturated rings. The summed E-state index contributed by atoms with van der Waals surface area (Å²) in [6, 6.07) is 33.2. The van der Waals surface area contributed by atoms with E-state index in [0.717, 1.165) is 28.2 Å². The first-order valence-electron chi connectivity index (χ1n) is 14.1. The number of rotatable bonds is 11. The van der Waals surface area contributed by atoms with E-state index in [1.165, 1.54) is 16.8 Å². The summed E-state index contributed by atoms with van der Waals surface area (Å²) in [6.07, 6.45) is 7.77. The van der Waals surface area contributed by atoms with E-state index in [9.17, 15) is 0 Å². The molecule has 40 heavy (non-hydrogen) atoms. The van der Waals surface area contributed by atoms with Crippen LogP contribution in [-0.4, -0.2) is 4.57 Å². The van der Waals surface area contributed by atoms with Crippen LogP contribution in [0.15, 0.2) is 109 Å². The van der Waals surface area contributed by atoms with Gasteiger partial charge in [-0.2, -0.15) is 0 Å². The highest BCUT2D eigenvalue weighted by Gasteiger charge is 2.15. The van der Waals surface area contributed by atoms with Gasteiger partial charge in [-0.25, -0.2) is 0 Å². The van der Waals surface area contributed by atoms with Crippen molar-refractivity contribution >= 4 is 0 Å². The molecule has 0 radical (unpaired) electrons. The minimum atomic E-state index is 0.417. The van der Waals surface area contributed by atoms with Crippen LogP contribution >= 0.6 is 0 Å². The van der Waals surface area contributed by atoms with E-state index in [1.54, 1.807) is 0 Å². The minimum absolute atomic E-state index is 0.417. The van der Waals surface area contributed by atoms with E-state index >= 15 is 0 Å². The topological polar surface area (TPSA) is 27.3 Å². The number of benzene rings is 4. The molecule has 0 aliphatic heterocycles.